The molecule has 1 aromatic rings. The Morgan fingerprint density at radius 3 is 2.89 bits per heavy atom. The van der Waals surface area contributed by atoms with Crippen molar-refractivity contribution in [3.8, 4) is 0 Å². The van der Waals surface area contributed by atoms with Gasteiger partial charge in [-0.15, -0.1) is 11.3 Å². The minimum absolute atomic E-state index is 0.221. The van der Waals surface area contributed by atoms with Crippen LogP contribution in [0.4, 0.5) is 4.79 Å². The van der Waals surface area contributed by atoms with E-state index >= 15 is 0 Å². The number of rotatable bonds is 3. The van der Waals surface area contributed by atoms with Gasteiger partial charge in [0, 0.05) is 11.3 Å². The summed E-state index contributed by atoms with van der Waals surface area (Å²) in [6.07, 6.45) is 0. The molecule has 19 heavy (non-hydrogen) atoms. The first-order valence-corrected chi connectivity index (χ1v) is 7.61. The van der Waals surface area contributed by atoms with Crippen LogP contribution in [0.1, 0.15) is 5.56 Å². The summed E-state index contributed by atoms with van der Waals surface area (Å²) >= 11 is 14.2. The molecule has 9 heteroatoms. The topological polar surface area (TPSA) is 59.0 Å². The largest absolute Gasteiger partial charge is 0.468 e. The van der Waals surface area contributed by atoms with E-state index in [0.717, 1.165) is 16.8 Å². The third-order valence-corrected chi connectivity index (χ3v) is 4.62. The molecule has 0 saturated carbocycles. The van der Waals surface area contributed by atoms with Crippen LogP contribution in [0.25, 0.3) is 0 Å². The lowest BCUT2D eigenvalue weighted by Gasteiger charge is -2.21. The molecule has 0 aromatic carbocycles. The number of esters is 1. The number of thioether (sulfide) groups is 1. The van der Waals surface area contributed by atoms with E-state index in [4.69, 9.17) is 23.2 Å². The second kappa shape index (κ2) is 6.13. The molecule has 1 aliphatic heterocycles. The number of methoxy groups -OCH3 is 1. The van der Waals surface area contributed by atoms with Crippen molar-refractivity contribution < 1.29 is 14.3 Å². The van der Waals surface area contributed by atoms with Gasteiger partial charge in [0.15, 0.2) is 0 Å². The van der Waals surface area contributed by atoms with E-state index in [1.807, 2.05) is 0 Å². The number of thiophene rings is 1. The van der Waals surface area contributed by atoms with Crippen LogP contribution in [-0.4, -0.2) is 41.3 Å². The van der Waals surface area contributed by atoms with Crippen molar-refractivity contribution in [2.24, 2.45) is 5.10 Å². The molecule has 0 bridgehead atoms. The fraction of sp³-hybridized carbons (Fsp3) is 0.300. The molecule has 1 amide bonds. The minimum Gasteiger partial charge on any atom is -0.468 e. The van der Waals surface area contributed by atoms with Gasteiger partial charge in [-0.1, -0.05) is 35.0 Å². The van der Waals surface area contributed by atoms with Crippen molar-refractivity contribution in [1.29, 1.82) is 0 Å². The van der Waals surface area contributed by atoms with E-state index < -0.39 is 5.97 Å². The average molecular weight is 339 g/mol. The van der Waals surface area contributed by atoms with Gasteiger partial charge in [0.1, 0.15) is 10.9 Å². The Bertz CT molecular complexity index is 559. The maximum absolute atomic E-state index is 11.6. The number of carbonyl (C=O) groups excluding carboxylic acids is 2. The molecule has 0 radical (unpaired) electrons. The zero-order chi connectivity index (χ0) is 14.0. The van der Waals surface area contributed by atoms with E-state index in [2.05, 4.69) is 9.84 Å². The Balaban J connectivity index is 2.26. The molecule has 2 heterocycles. The Morgan fingerprint density at radius 2 is 2.32 bits per heavy atom. The Labute approximate surface area is 127 Å². The molecule has 0 N–H and O–H groups in total. The van der Waals surface area contributed by atoms with Crippen molar-refractivity contribution in [3.63, 3.8) is 0 Å². The standard InChI is InChI=1S/C10H8Cl2N2O3S2/c1-17-8(15)3-14-10(16)18-4-6(13-14)5-2-7(11)19-9(5)12/h2H,3-4H2,1H3. The van der Waals surface area contributed by atoms with Crippen LogP contribution in [0.5, 0.6) is 0 Å². The van der Waals surface area contributed by atoms with Crippen LogP contribution in [0.3, 0.4) is 0 Å². The van der Waals surface area contributed by atoms with Gasteiger partial charge in [0.2, 0.25) is 0 Å². The zero-order valence-corrected chi connectivity index (χ0v) is 12.8. The van der Waals surface area contributed by atoms with Gasteiger partial charge in [-0.25, -0.2) is 5.01 Å². The fourth-order valence-corrected chi connectivity index (χ4v) is 3.61. The van der Waals surface area contributed by atoms with E-state index in [1.165, 1.54) is 18.4 Å². The molecule has 0 aliphatic carbocycles. The van der Waals surface area contributed by atoms with Gasteiger partial charge < -0.3 is 4.74 Å². The number of hydrogen-bond donors (Lipinski definition) is 0. The number of hydrogen-bond acceptors (Lipinski definition) is 6. The third-order valence-electron chi connectivity index (χ3n) is 2.26. The van der Waals surface area contributed by atoms with Crippen LogP contribution >= 0.6 is 46.3 Å². The van der Waals surface area contributed by atoms with Gasteiger partial charge in [0.05, 0.1) is 17.2 Å². The molecule has 0 fully saturated rings. The highest BCUT2D eigenvalue weighted by Gasteiger charge is 2.26. The number of nitrogens with zero attached hydrogens (tertiary/aromatic N) is 2. The van der Waals surface area contributed by atoms with Crippen molar-refractivity contribution in [2.45, 2.75) is 0 Å². The van der Waals surface area contributed by atoms with Crippen molar-refractivity contribution in [3.05, 3.63) is 20.3 Å². The van der Waals surface area contributed by atoms with Crippen LogP contribution < -0.4 is 0 Å². The van der Waals surface area contributed by atoms with Gasteiger partial charge in [0.25, 0.3) is 0 Å². The van der Waals surface area contributed by atoms with E-state index in [0.29, 0.717) is 25.7 Å². The summed E-state index contributed by atoms with van der Waals surface area (Å²) in [6.45, 7) is -0.221. The first-order valence-electron chi connectivity index (χ1n) is 5.05. The number of carbonyl (C=O) groups is 2. The highest BCUT2D eigenvalue weighted by molar-refractivity contribution is 8.14. The Hall–Kier alpha value is -0.760. The summed E-state index contributed by atoms with van der Waals surface area (Å²) in [4.78, 5) is 22.8. The second-order valence-electron chi connectivity index (χ2n) is 3.47. The first-order chi connectivity index (χ1) is 9.01. The molecule has 0 unspecified atom stereocenters. The van der Waals surface area contributed by atoms with Gasteiger partial charge >= 0.3 is 11.2 Å². The number of hydrazone groups is 1. The summed E-state index contributed by atoms with van der Waals surface area (Å²) in [7, 11) is 1.25. The smallest absolute Gasteiger partial charge is 0.327 e. The van der Waals surface area contributed by atoms with Crippen LogP contribution in [0, 0.1) is 0 Å². The number of halogens is 2. The quantitative estimate of drug-likeness (QED) is 0.794. The van der Waals surface area contributed by atoms with E-state index in [-0.39, 0.29) is 11.8 Å². The fourth-order valence-electron chi connectivity index (χ4n) is 1.38. The molecule has 2 rings (SSSR count). The second-order valence-corrected chi connectivity index (χ2v) is 6.69. The molecule has 5 nitrogen and oxygen atoms in total. The number of amides is 1. The highest BCUT2D eigenvalue weighted by Crippen LogP contribution is 2.33. The van der Waals surface area contributed by atoms with Crippen LogP contribution in [0.15, 0.2) is 11.2 Å². The monoisotopic (exact) mass is 338 g/mol. The first kappa shape index (κ1) is 14.6. The van der Waals surface area contributed by atoms with Gasteiger partial charge in [-0.05, 0) is 6.07 Å². The number of ether oxygens (including phenoxy) is 1. The predicted molar refractivity (Wildman–Crippen MR) is 77.5 cm³/mol. The minimum atomic E-state index is -0.534. The Kier molecular flexibility index (Phi) is 4.72. The molecule has 1 aromatic heterocycles. The molecule has 0 saturated heterocycles. The van der Waals surface area contributed by atoms with Crippen LogP contribution in [-0.2, 0) is 9.53 Å². The molecular formula is C10H8Cl2N2O3S2. The van der Waals surface area contributed by atoms with Crippen molar-refractivity contribution >= 4 is 63.2 Å². The summed E-state index contributed by atoms with van der Waals surface area (Å²) in [5, 5.41) is 4.90. The maximum atomic E-state index is 11.6. The lowest BCUT2D eigenvalue weighted by atomic mass is 10.2. The third kappa shape index (κ3) is 3.42. The normalized spacial score (nSPS) is 15.4. The van der Waals surface area contributed by atoms with Gasteiger partial charge in [-0.2, -0.15) is 5.10 Å². The highest BCUT2D eigenvalue weighted by atomic mass is 35.5. The molecule has 102 valence electrons. The summed E-state index contributed by atoms with van der Waals surface area (Å²) in [5.74, 6) is -0.142. The summed E-state index contributed by atoms with van der Waals surface area (Å²) in [6, 6.07) is 1.69. The predicted octanol–water partition coefficient (Wildman–Crippen LogP) is 3.10. The van der Waals surface area contributed by atoms with Crippen LogP contribution in [0.2, 0.25) is 8.67 Å². The lowest BCUT2D eigenvalue weighted by molar-refractivity contribution is -0.141. The maximum Gasteiger partial charge on any atom is 0.327 e. The SMILES string of the molecule is COC(=O)CN1N=C(c2cc(Cl)sc2Cl)CSC1=O. The summed E-state index contributed by atoms with van der Waals surface area (Å²) in [5.41, 5.74) is 1.30. The lowest BCUT2D eigenvalue weighted by Crippen LogP contribution is -2.34. The average Bonchev–Trinajstić information content (AvgIpc) is 2.71. The Morgan fingerprint density at radius 1 is 1.58 bits per heavy atom. The van der Waals surface area contributed by atoms with Crippen molar-refractivity contribution in [1.82, 2.24) is 5.01 Å². The molecule has 1 aliphatic rings. The van der Waals surface area contributed by atoms with Crippen molar-refractivity contribution in [2.75, 3.05) is 19.4 Å². The molecule has 0 spiro atoms. The zero-order valence-electron chi connectivity index (χ0n) is 9.68. The molecule has 0 atom stereocenters. The van der Waals surface area contributed by atoms with E-state index in [1.54, 1.807) is 6.07 Å². The van der Waals surface area contributed by atoms with Gasteiger partial charge in [-0.3, -0.25) is 9.59 Å². The molecular weight excluding hydrogens is 331 g/mol. The summed E-state index contributed by atoms with van der Waals surface area (Å²) < 4.78 is 5.57. The van der Waals surface area contributed by atoms with E-state index in [9.17, 15) is 9.59 Å².